The zero-order valence-corrected chi connectivity index (χ0v) is 9.30. The number of hydrogen-bond acceptors (Lipinski definition) is 3. The average Bonchev–Trinajstić information content (AvgIpc) is 2.84. The number of rotatable bonds is 1. The molecule has 16 heavy (non-hydrogen) atoms. The highest BCUT2D eigenvalue weighted by Gasteiger charge is 2.30. The van der Waals surface area contributed by atoms with Crippen LogP contribution in [0.3, 0.4) is 0 Å². The molecule has 2 atom stereocenters. The van der Waals surface area contributed by atoms with Crippen LogP contribution in [0, 0.1) is 0 Å². The maximum absolute atomic E-state index is 12.1. The molecule has 2 aliphatic rings. The summed E-state index contributed by atoms with van der Waals surface area (Å²) in [7, 11) is 0. The number of fused-ring (bicyclic) bond motifs is 1. The number of aryl methyl sites for hydroxylation is 1. The second-order valence-corrected chi connectivity index (χ2v) is 4.82. The highest BCUT2D eigenvalue weighted by atomic mass is 16.3. The third-order valence-corrected chi connectivity index (χ3v) is 3.75. The topological polar surface area (TPSA) is 60.1 Å². The molecule has 0 bridgehead atoms. The quantitative estimate of drug-likeness (QED) is 0.752. The summed E-state index contributed by atoms with van der Waals surface area (Å²) in [5, 5.41) is 14.2. The van der Waals surface area contributed by atoms with E-state index in [0.29, 0.717) is 0 Å². The van der Waals surface area contributed by atoms with Crippen LogP contribution in [-0.2, 0) is 13.0 Å². The van der Waals surface area contributed by atoms with Crippen molar-refractivity contribution in [1.82, 2.24) is 14.3 Å². The van der Waals surface area contributed by atoms with Gasteiger partial charge in [0.15, 0.2) is 0 Å². The van der Waals surface area contributed by atoms with E-state index in [1.165, 1.54) is 4.68 Å². The van der Waals surface area contributed by atoms with Gasteiger partial charge < -0.3 is 5.11 Å². The third-order valence-electron chi connectivity index (χ3n) is 3.75. The van der Waals surface area contributed by atoms with Crippen molar-refractivity contribution in [3.63, 3.8) is 0 Å². The molecule has 1 fully saturated rings. The van der Waals surface area contributed by atoms with E-state index in [4.69, 9.17) is 0 Å². The summed E-state index contributed by atoms with van der Waals surface area (Å²) in [6.07, 6.45) is 5.33. The lowest BCUT2D eigenvalue weighted by Crippen LogP contribution is -2.32. The summed E-state index contributed by atoms with van der Waals surface area (Å²) < 4.78 is 3.30. The van der Waals surface area contributed by atoms with Crippen LogP contribution in [0.15, 0.2) is 4.79 Å². The van der Waals surface area contributed by atoms with Gasteiger partial charge in [-0.25, -0.2) is 9.48 Å². The molecule has 2 heterocycles. The van der Waals surface area contributed by atoms with Crippen molar-refractivity contribution in [2.75, 3.05) is 0 Å². The van der Waals surface area contributed by atoms with Gasteiger partial charge >= 0.3 is 5.69 Å². The predicted octanol–water partition coefficient (Wildman–Crippen LogP) is 0.467. The van der Waals surface area contributed by atoms with E-state index < -0.39 is 6.10 Å². The van der Waals surface area contributed by atoms with E-state index in [0.717, 1.165) is 50.9 Å². The highest BCUT2D eigenvalue weighted by molar-refractivity contribution is 4.94. The number of nitrogens with zero attached hydrogens (tertiary/aromatic N) is 3. The Morgan fingerprint density at radius 3 is 2.81 bits per heavy atom. The number of aliphatic hydroxyl groups excluding tert-OH is 1. The smallest absolute Gasteiger partial charge is 0.346 e. The molecule has 1 saturated carbocycles. The van der Waals surface area contributed by atoms with Crippen molar-refractivity contribution >= 4 is 0 Å². The molecule has 1 aromatic heterocycles. The minimum Gasteiger partial charge on any atom is -0.391 e. The van der Waals surface area contributed by atoms with E-state index in [1.807, 2.05) is 0 Å². The van der Waals surface area contributed by atoms with Crippen LogP contribution in [0.25, 0.3) is 0 Å². The van der Waals surface area contributed by atoms with Crippen LogP contribution < -0.4 is 5.69 Å². The zero-order chi connectivity index (χ0) is 11.1. The Morgan fingerprint density at radius 1 is 1.25 bits per heavy atom. The van der Waals surface area contributed by atoms with Gasteiger partial charge in [0.2, 0.25) is 0 Å². The fraction of sp³-hybridized carbons (Fsp3) is 0.818. The molecule has 0 aromatic carbocycles. The Balaban J connectivity index is 2.01. The van der Waals surface area contributed by atoms with Gasteiger partial charge in [0, 0.05) is 13.0 Å². The summed E-state index contributed by atoms with van der Waals surface area (Å²) in [5.74, 6) is 0.898. The summed E-state index contributed by atoms with van der Waals surface area (Å²) in [6, 6.07) is -0.0920. The van der Waals surface area contributed by atoms with Gasteiger partial charge in [-0.05, 0) is 32.1 Å². The molecular formula is C11H17N3O2. The maximum atomic E-state index is 12.1. The Morgan fingerprint density at radius 2 is 2.12 bits per heavy atom. The molecule has 5 heteroatoms. The van der Waals surface area contributed by atoms with Gasteiger partial charge in [-0.15, -0.1) is 0 Å². The number of aliphatic hydroxyl groups is 1. The second-order valence-electron chi connectivity index (χ2n) is 4.82. The third kappa shape index (κ3) is 1.42. The van der Waals surface area contributed by atoms with Crippen LogP contribution in [0.5, 0.6) is 0 Å². The number of hydrogen-bond donors (Lipinski definition) is 1. The summed E-state index contributed by atoms with van der Waals surface area (Å²) in [4.78, 5) is 12.1. The fourth-order valence-corrected chi connectivity index (χ4v) is 2.84. The largest absolute Gasteiger partial charge is 0.391 e. The van der Waals surface area contributed by atoms with E-state index in [2.05, 4.69) is 5.10 Å². The molecule has 3 rings (SSSR count). The van der Waals surface area contributed by atoms with Gasteiger partial charge in [0.25, 0.3) is 0 Å². The minimum absolute atomic E-state index is 0.0272. The molecule has 0 radical (unpaired) electrons. The predicted molar refractivity (Wildman–Crippen MR) is 58.3 cm³/mol. The Labute approximate surface area is 93.7 Å². The fourth-order valence-electron chi connectivity index (χ4n) is 2.84. The van der Waals surface area contributed by atoms with Crippen molar-refractivity contribution in [1.29, 1.82) is 0 Å². The summed E-state index contributed by atoms with van der Waals surface area (Å²) >= 11 is 0. The monoisotopic (exact) mass is 223 g/mol. The van der Waals surface area contributed by atoms with Crippen molar-refractivity contribution in [2.24, 2.45) is 0 Å². The SMILES string of the molecule is O=c1n([C@H]2CCC[C@@H]2O)nc2n1CCCC2. The molecule has 0 spiro atoms. The first-order valence-corrected chi connectivity index (χ1v) is 6.13. The van der Waals surface area contributed by atoms with E-state index >= 15 is 0 Å². The van der Waals surface area contributed by atoms with Crippen molar-refractivity contribution in [3.05, 3.63) is 16.3 Å². The van der Waals surface area contributed by atoms with Crippen molar-refractivity contribution < 1.29 is 5.11 Å². The van der Waals surface area contributed by atoms with Gasteiger partial charge in [-0.1, -0.05) is 0 Å². The van der Waals surface area contributed by atoms with Crippen molar-refractivity contribution in [2.45, 2.75) is 57.2 Å². The molecule has 1 aliphatic heterocycles. The molecule has 0 unspecified atom stereocenters. The zero-order valence-electron chi connectivity index (χ0n) is 9.30. The van der Waals surface area contributed by atoms with Gasteiger partial charge in [-0.3, -0.25) is 4.57 Å². The molecule has 88 valence electrons. The highest BCUT2D eigenvalue weighted by Crippen LogP contribution is 2.28. The van der Waals surface area contributed by atoms with Gasteiger partial charge in [0.05, 0.1) is 12.1 Å². The second kappa shape index (κ2) is 3.73. The van der Waals surface area contributed by atoms with Crippen LogP contribution >= 0.6 is 0 Å². The lowest BCUT2D eigenvalue weighted by Gasteiger charge is -2.12. The lowest BCUT2D eigenvalue weighted by molar-refractivity contribution is 0.128. The first-order valence-electron chi connectivity index (χ1n) is 6.13. The van der Waals surface area contributed by atoms with Gasteiger partial charge in [0.1, 0.15) is 5.82 Å². The average molecular weight is 223 g/mol. The van der Waals surface area contributed by atoms with Crippen LogP contribution in [-0.4, -0.2) is 25.6 Å². The first kappa shape index (κ1) is 10.1. The van der Waals surface area contributed by atoms with Crippen LogP contribution in [0.1, 0.15) is 44.0 Å². The van der Waals surface area contributed by atoms with E-state index in [1.54, 1.807) is 4.57 Å². The molecule has 0 saturated heterocycles. The molecule has 1 aliphatic carbocycles. The van der Waals surface area contributed by atoms with E-state index in [-0.39, 0.29) is 11.7 Å². The van der Waals surface area contributed by atoms with Crippen LogP contribution in [0.2, 0.25) is 0 Å². The maximum Gasteiger partial charge on any atom is 0.346 e. The molecule has 1 aromatic rings. The molecule has 5 nitrogen and oxygen atoms in total. The number of aromatic nitrogens is 3. The Bertz CT molecular complexity index is 449. The van der Waals surface area contributed by atoms with E-state index in [9.17, 15) is 9.90 Å². The Hall–Kier alpha value is -1.10. The first-order chi connectivity index (χ1) is 7.77. The van der Waals surface area contributed by atoms with Crippen LogP contribution in [0.4, 0.5) is 0 Å². The van der Waals surface area contributed by atoms with Gasteiger partial charge in [-0.2, -0.15) is 5.10 Å². The molecule has 0 amide bonds. The standard InChI is InChI=1S/C11H17N3O2/c15-9-5-3-4-8(9)14-11(16)13-7-2-1-6-10(13)12-14/h8-9,15H,1-7H2/t8-,9-/m0/s1. The Kier molecular flexibility index (Phi) is 2.35. The summed E-state index contributed by atoms with van der Waals surface area (Å²) in [6.45, 7) is 0.789. The summed E-state index contributed by atoms with van der Waals surface area (Å²) in [5.41, 5.74) is -0.0272. The molecule has 1 N–H and O–H groups in total. The lowest BCUT2D eigenvalue weighted by atomic mass is 10.2. The minimum atomic E-state index is -0.394. The van der Waals surface area contributed by atoms with Crippen molar-refractivity contribution in [3.8, 4) is 0 Å². The normalized spacial score (nSPS) is 29.3. The molecular weight excluding hydrogens is 206 g/mol.